The zero-order valence-electron chi connectivity index (χ0n) is 17.7. The number of ether oxygens (including phenoxy) is 1. The zero-order valence-corrected chi connectivity index (χ0v) is 20.1. The first kappa shape index (κ1) is 24.8. The van der Waals surface area contributed by atoms with Gasteiger partial charge in [-0.15, -0.1) is 12.4 Å². The van der Waals surface area contributed by atoms with Gasteiger partial charge in [0.1, 0.15) is 16.9 Å². The first-order valence-electron chi connectivity index (χ1n) is 9.62. The Balaban J connectivity index is 0.00000306. The Bertz CT molecular complexity index is 1210. The van der Waals surface area contributed by atoms with E-state index in [9.17, 15) is 5.11 Å². The van der Waals surface area contributed by atoms with Gasteiger partial charge in [-0.25, -0.2) is 15.0 Å². The molecule has 0 saturated heterocycles. The lowest BCUT2D eigenvalue weighted by Gasteiger charge is -2.13. The van der Waals surface area contributed by atoms with Gasteiger partial charge < -0.3 is 20.3 Å². The van der Waals surface area contributed by atoms with E-state index in [0.717, 1.165) is 32.8 Å². The fraction of sp³-hybridized carbons (Fsp3) is 0.190. The monoisotopic (exact) mass is 504 g/mol. The molecule has 3 N–H and O–H groups in total. The van der Waals surface area contributed by atoms with Crippen LogP contribution in [0, 0.1) is 13.8 Å². The minimum Gasteiger partial charge on any atom is -0.452 e. The summed E-state index contributed by atoms with van der Waals surface area (Å²) in [7, 11) is 0. The van der Waals surface area contributed by atoms with E-state index in [1.165, 1.54) is 11.8 Å². The summed E-state index contributed by atoms with van der Waals surface area (Å²) in [6.45, 7) is 3.34. The van der Waals surface area contributed by atoms with Crippen LogP contribution in [0.4, 0.5) is 10.9 Å². The molecule has 0 fully saturated rings. The molecule has 4 aromatic heterocycles. The van der Waals surface area contributed by atoms with E-state index in [1.54, 1.807) is 12.4 Å². The maximum absolute atomic E-state index is 9.74. The molecule has 0 unspecified atom stereocenters. The standard InChI is InChI=1S/C21H20N6O3S2.ClH/c1-12-6-7-16(13(2)24-12)30-17-9-14(31-18-5-3-4-8-22-18)10-23-20(17)26-21-25-19(27-32-21)15(29)11-28;/h3-10,15,28-29H,11H2,1-2H3,(H,23,25,26,27);1H/t15-;/m1./s1. The van der Waals surface area contributed by atoms with Crippen LogP contribution in [0.2, 0.25) is 0 Å². The number of rotatable bonds is 8. The molecule has 4 rings (SSSR count). The van der Waals surface area contributed by atoms with Crippen molar-refractivity contribution in [2.45, 2.75) is 29.9 Å². The number of aryl methyl sites for hydroxylation is 2. The van der Waals surface area contributed by atoms with Crippen molar-refractivity contribution in [1.29, 1.82) is 0 Å². The van der Waals surface area contributed by atoms with Crippen LogP contribution >= 0.6 is 35.7 Å². The lowest BCUT2D eigenvalue weighted by atomic mass is 10.3. The molecule has 0 amide bonds. The maximum atomic E-state index is 9.74. The number of anilines is 2. The van der Waals surface area contributed by atoms with Gasteiger partial charge in [0.2, 0.25) is 5.13 Å². The van der Waals surface area contributed by atoms with E-state index >= 15 is 0 Å². The lowest BCUT2D eigenvalue weighted by Crippen LogP contribution is -2.04. The molecule has 0 aliphatic heterocycles. The van der Waals surface area contributed by atoms with Gasteiger partial charge in [-0.3, -0.25) is 4.98 Å². The molecule has 0 saturated carbocycles. The van der Waals surface area contributed by atoms with Gasteiger partial charge in [-0.1, -0.05) is 17.8 Å². The molecule has 0 bridgehead atoms. The van der Waals surface area contributed by atoms with Crippen LogP contribution in [0.5, 0.6) is 11.5 Å². The first-order valence-corrected chi connectivity index (χ1v) is 11.2. The lowest BCUT2D eigenvalue weighted by molar-refractivity contribution is 0.0897. The predicted molar refractivity (Wildman–Crippen MR) is 129 cm³/mol. The van der Waals surface area contributed by atoms with E-state index in [2.05, 4.69) is 29.6 Å². The molecule has 9 nitrogen and oxygen atoms in total. The van der Waals surface area contributed by atoms with Gasteiger partial charge in [0, 0.05) is 40.6 Å². The molecular weight excluding hydrogens is 484 g/mol. The van der Waals surface area contributed by atoms with E-state index in [4.69, 9.17) is 9.84 Å². The average molecular weight is 505 g/mol. The van der Waals surface area contributed by atoms with Gasteiger partial charge in [0.25, 0.3) is 0 Å². The van der Waals surface area contributed by atoms with Gasteiger partial charge in [0.05, 0.1) is 12.3 Å². The average Bonchev–Trinajstić information content (AvgIpc) is 3.26. The Morgan fingerprint density at radius 2 is 1.97 bits per heavy atom. The predicted octanol–water partition coefficient (Wildman–Crippen LogP) is 4.47. The second kappa shape index (κ2) is 11.3. The Kier molecular flexibility index (Phi) is 8.53. The SMILES string of the molecule is Cc1ccc(Oc2cc(Sc3ccccn3)cnc2Nc2nc([C@H](O)CO)ns2)c(C)n1.Cl. The fourth-order valence-corrected chi connectivity index (χ4v) is 4.08. The van der Waals surface area contributed by atoms with Crippen LogP contribution in [-0.2, 0) is 0 Å². The second-order valence-corrected chi connectivity index (χ2v) is 8.55. The summed E-state index contributed by atoms with van der Waals surface area (Å²) in [5.74, 6) is 1.65. The number of halogens is 1. The third kappa shape index (κ3) is 6.36. The first-order chi connectivity index (χ1) is 15.5. The second-order valence-electron chi connectivity index (χ2n) is 6.71. The zero-order chi connectivity index (χ0) is 22.5. The molecule has 4 aromatic rings. The third-order valence-electron chi connectivity index (χ3n) is 4.22. The Morgan fingerprint density at radius 3 is 2.70 bits per heavy atom. The quantitative estimate of drug-likeness (QED) is 0.316. The number of pyridine rings is 3. The third-order valence-corrected chi connectivity index (χ3v) is 5.78. The van der Waals surface area contributed by atoms with Gasteiger partial charge >= 0.3 is 0 Å². The van der Waals surface area contributed by atoms with Crippen LogP contribution in [0.1, 0.15) is 23.3 Å². The summed E-state index contributed by atoms with van der Waals surface area (Å²) in [4.78, 5) is 18.3. The smallest absolute Gasteiger partial charge is 0.208 e. The molecule has 172 valence electrons. The van der Waals surface area contributed by atoms with E-state index in [0.29, 0.717) is 22.4 Å². The van der Waals surface area contributed by atoms with Crippen LogP contribution in [0.3, 0.4) is 0 Å². The van der Waals surface area contributed by atoms with E-state index in [1.807, 2.05) is 50.2 Å². The van der Waals surface area contributed by atoms with E-state index in [-0.39, 0.29) is 18.2 Å². The molecule has 1 atom stereocenters. The summed E-state index contributed by atoms with van der Waals surface area (Å²) >= 11 is 2.51. The molecule has 0 radical (unpaired) electrons. The van der Waals surface area contributed by atoms with E-state index < -0.39 is 12.7 Å². The Labute approximate surface area is 204 Å². The largest absolute Gasteiger partial charge is 0.452 e. The Morgan fingerprint density at radius 1 is 1.12 bits per heavy atom. The van der Waals surface area contributed by atoms with Crippen molar-refractivity contribution in [3.05, 3.63) is 66.0 Å². The topological polar surface area (TPSA) is 126 Å². The highest BCUT2D eigenvalue weighted by atomic mass is 35.5. The number of hydrogen-bond donors (Lipinski definition) is 3. The van der Waals surface area contributed by atoms with Crippen LogP contribution in [0.15, 0.2) is 58.7 Å². The van der Waals surface area contributed by atoms with Crippen molar-refractivity contribution in [2.24, 2.45) is 0 Å². The number of aromatic nitrogens is 5. The van der Waals surface area contributed by atoms with Gasteiger partial charge in [-0.05, 0) is 38.1 Å². The molecule has 0 spiro atoms. The number of nitrogens with one attached hydrogen (secondary N) is 1. The van der Waals surface area contributed by atoms with Crippen molar-refractivity contribution in [3.8, 4) is 11.5 Å². The van der Waals surface area contributed by atoms with Crippen molar-refractivity contribution >= 4 is 46.7 Å². The highest BCUT2D eigenvalue weighted by molar-refractivity contribution is 7.99. The summed E-state index contributed by atoms with van der Waals surface area (Å²) in [5, 5.41) is 23.2. The van der Waals surface area contributed by atoms with Crippen LogP contribution in [-0.4, -0.2) is 41.1 Å². The molecule has 0 aliphatic carbocycles. The highest BCUT2D eigenvalue weighted by Gasteiger charge is 2.16. The molecule has 4 heterocycles. The van der Waals surface area contributed by atoms with Crippen molar-refractivity contribution < 1.29 is 14.9 Å². The molecular formula is C21H21ClN6O3S2. The minimum absolute atomic E-state index is 0. The summed E-state index contributed by atoms with van der Waals surface area (Å²) < 4.78 is 10.2. The molecule has 33 heavy (non-hydrogen) atoms. The van der Waals surface area contributed by atoms with Gasteiger partial charge in [-0.2, -0.15) is 4.37 Å². The summed E-state index contributed by atoms with van der Waals surface area (Å²) in [6, 6.07) is 11.3. The van der Waals surface area contributed by atoms with Crippen molar-refractivity contribution in [3.63, 3.8) is 0 Å². The maximum Gasteiger partial charge on any atom is 0.208 e. The normalized spacial score (nSPS) is 11.5. The fourth-order valence-electron chi connectivity index (χ4n) is 2.69. The van der Waals surface area contributed by atoms with Gasteiger partial charge in [0.15, 0.2) is 17.4 Å². The highest BCUT2D eigenvalue weighted by Crippen LogP contribution is 2.36. The summed E-state index contributed by atoms with van der Waals surface area (Å²) in [5.41, 5.74) is 1.65. The number of aliphatic hydroxyl groups excluding tert-OH is 2. The van der Waals surface area contributed by atoms with Crippen LogP contribution < -0.4 is 10.1 Å². The molecule has 0 aromatic carbocycles. The van der Waals surface area contributed by atoms with Crippen LogP contribution in [0.25, 0.3) is 0 Å². The molecule has 0 aliphatic rings. The minimum atomic E-state index is -1.14. The van der Waals surface area contributed by atoms with Crippen molar-refractivity contribution in [1.82, 2.24) is 24.3 Å². The number of aliphatic hydroxyl groups is 2. The summed E-state index contributed by atoms with van der Waals surface area (Å²) in [6.07, 6.45) is 2.31. The Hall–Kier alpha value is -2.83. The number of hydrogen-bond acceptors (Lipinski definition) is 11. The van der Waals surface area contributed by atoms with Crippen molar-refractivity contribution in [2.75, 3.05) is 11.9 Å². The number of nitrogens with zero attached hydrogens (tertiary/aromatic N) is 5. The molecule has 12 heteroatoms.